The Labute approximate surface area is 120 Å². The minimum absolute atomic E-state index is 0.0622. The molecule has 1 unspecified atom stereocenters. The standard InChI is InChI=1S/C11H13BrClNO3S/c12-8-18(15,16)14-5-6-17-11(7-14)9-1-3-10(13)4-2-9/h1-4,11H,5-8H2. The van der Waals surface area contributed by atoms with Crippen LogP contribution in [0, 0.1) is 0 Å². The smallest absolute Gasteiger partial charge is 0.224 e. The van der Waals surface area contributed by atoms with Crippen LogP contribution in [0.2, 0.25) is 5.02 Å². The molecule has 0 aromatic heterocycles. The maximum absolute atomic E-state index is 11.8. The number of ether oxygens (including phenoxy) is 1. The molecule has 1 heterocycles. The van der Waals surface area contributed by atoms with Gasteiger partial charge in [-0.25, -0.2) is 8.42 Å². The lowest BCUT2D eigenvalue weighted by Crippen LogP contribution is -2.42. The molecule has 0 spiro atoms. The zero-order chi connectivity index (χ0) is 13.2. The van der Waals surface area contributed by atoms with E-state index in [0.29, 0.717) is 24.7 Å². The van der Waals surface area contributed by atoms with Gasteiger partial charge < -0.3 is 4.74 Å². The molecule has 18 heavy (non-hydrogen) atoms. The predicted molar refractivity (Wildman–Crippen MR) is 74.4 cm³/mol. The normalized spacial score (nSPS) is 22.0. The van der Waals surface area contributed by atoms with Crippen LogP contribution in [-0.4, -0.2) is 37.1 Å². The van der Waals surface area contributed by atoms with Crippen LogP contribution >= 0.6 is 27.5 Å². The Morgan fingerprint density at radius 3 is 2.67 bits per heavy atom. The van der Waals surface area contributed by atoms with E-state index in [4.69, 9.17) is 16.3 Å². The average Bonchev–Trinajstić information content (AvgIpc) is 2.40. The molecule has 1 atom stereocenters. The lowest BCUT2D eigenvalue weighted by Gasteiger charge is -2.31. The highest BCUT2D eigenvalue weighted by molar-refractivity contribution is 9.10. The molecule has 0 bridgehead atoms. The van der Waals surface area contributed by atoms with Crippen molar-refractivity contribution in [3.05, 3.63) is 34.9 Å². The summed E-state index contributed by atoms with van der Waals surface area (Å²) < 4.78 is 30.6. The summed E-state index contributed by atoms with van der Waals surface area (Å²) in [5, 5.41) is 0.652. The van der Waals surface area contributed by atoms with Crippen molar-refractivity contribution in [1.82, 2.24) is 4.31 Å². The van der Waals surface area contributed by atoms with Gasteiger partial charge >= 0.3 is 0 Å². The largest absolute Gasteiger partial charge is 0.371 e. The van der Waals surface area contributed by atoms with Gasteiger partial charge in [0.2, 0.25) is 10.0 Å². The average molecular weight is 355 g/mol. The Balaban J connectivity index is 2.14. The fourth-order valence-electron chi connectivity index (χ4n) is 1.83. The first-order valence-electron chi connectivity index (χ1n) is 5.44. The summed E-state index contributed by atoms with van der Waals surface area (Å²) in [5.41, 5.74) is 0.939. The number of morpholine rings is 1. The molecule has 100 valence electrons. The molecule has 7 heteroatoms. The van der Waals surface area contributed by atoms with Gasteiger partial charge in [0.15, 0.2) is 0 Å². The van der Waals surface area contributed by atoms with Crippen LogP contribution in [-0.2, 0) is 14.8 Å². The monoisotopic (exact) mass is 353 g/mol. The first-order chi connectivity index (χ1) is 8.53. The Morgan fingerprint density at radius 2 is 2.06 bits per heavy atom. The van der Waals surface area contributed by atoms with Crippen LogP contribution in [0.1, 0.15) is 11.7 Å². The van der Waals surface area contributed by atoms with E-state index in [0.717, 1.165) is 5.56 Å². The molecule has 1 saturated heterocycles. The molecule has 0 radical (unpaired) electrons. The third-order valence-electron chi connectivity index (χ3n) is 2.80. The second kappa shape index (κ2) is 5.88. The minimum Gasteiger partial charge on any atom is -0.371 e. The molecular formula is C11H13BrClNO3S. The van der Waals surface area contributed by atoms with Crippen LogP contribution in [0.3, 0.4) is 0 Å². The van der Waals surface area contributed by atoms with Gasteiger partial charge in [0.05, 0.1) is 12.7 Å². The van der Waals surface area contributed by atoms with Gasteiger partial charge in [-0.3, -0.25) is 0 Å². The topological polar surface area (TPSA) is 46.6 Å². The Morgan fingerprint density at radius 1 is 1.39 bits per heavy atom. The molecule has 1 aromatic carbocycles. The first-order valence-corrected chi connectivity index (χ1v) is 8.54. The summed E-state index contributed by atoms with van der Waals surface area (Å²) in [6, 6.07) is 7.27. The van der Waals surface area contributed by atoms with E-state index in [1.165, 1.54) is 4.31 Å². The molecule has 0 N–H and O–H groups in total. The zero-order valence-electron chi connectivity index (χ0n) is 9.55. The molecule has 2 rings (SSSR count). The van der Waals surface area contributed by atoms with Gasteiger partial charge in [0, 0.05) is 18.1 Å². The maximum Gasteiger partial charge on any atom is 0.224 e. The molecule has 0 aliphatic carbocycles. The van der Waals surface area contributed by atoms with E-state index in [2.05, 4.69) is 15.9 Å². The van der Waals surface area contributed by atoms with E-state index in [1.807, 2.05) is 12.1 Å². The summed E-state index contributed by atoms with van der Waals surface area (Å²) in [5.74, 6) is 0. The van der Waals surface area contributed by atoms with Crippen molar-refractivity contribution in [2.45, 2.75) is 6.10 Å². The number of benzene rings is 1. The summed E-state index contributed by atoms with van der Waals surface area (Å²) in [4.78, 5) is 0. The molecular weight excluding hydrogens is 342 g/mol. The summed E-state index contributed by atoms with van der Waals surface area (Å²) in [6.07, 6.45) is -0.232. The number of sulfonamides is 1. The highest BCUT2D eigenvalue weighted by Gasteiger charge is 2.29. The number of nitrogens with zero attached hydrogens (tertiary/aromatic N) is 1. The third-order valence-corrected chi connectivity index (χ3v) is 6.18. The molecule has 0 amide bonds. The quantitative estimate of drug-likeness (QED) is 0.783. The molecule has 1 aliphatic heterocycles. The van der Waals surface area contributed by atoms with Crippen LogP contribution in [0.5, 0.6) is 0 Å². The first kappa shape index (κ1) is 14.3. The highest BCUT2D eigenvalue weighted by Crippen LogP contribution is 2.25. The lowest BCUT2D eigenvalue weighted by molar-refractivity contribution is -0.00238. The Hall–Kier alpha value is -0.140. The SMILES string of the molecule is O=S(=O)(CBr)N1CCOC(c2ccc(Cl)cc2)C1. The van der Waals surface area contributed by atoms with E-state index in [9.17, 15) is 8.42 Å². The van der Waals surface area contributed by atoms with Crippen LogP contribution in [0.25, 0.3) is 0 Å². The summed E-state index contributed by atoms with van der Waals surface area (Å²) >= 11 is 8.83. The summed E-state index contributed by atoms with van der Waals surface area (Å²) in [7, 11) is -3.23. The van der Waals surface area contributed by atoms with E-state index < -0.39 is 10.0 Å². The van der Waals surface area contributed by atoms with Crippen molar-refractivity contribution in [3.63, 3.8) is 0 Å². The minimum atomic E-state index is -3.23. The van der Waals surface area contributed by atoms with Crippen molar-refractivity contribution in [1.29, 1.82) is 0 Å². The third kappa shape index (κ3) is 3.24. The van der Waals surface area contributed by atoms with Gasteiger partial charge in [0.1, 0.15) is 4.66 Å². The fraction of sp³-hybridized carbons (Fsp3) is 0.455. The van der Waals surface area contributed by atoms with Gasteiger partial charge in [0.25, 0.3) is 0 Å². The van der Waals surface area contributed by atoms with Crippen molar-refractivity contribution in [3.8, 4) is 0 Å². The zero-order valence-corrected chi connectivity index (χ0v) is 12.7. The molecule has 1 fully saturated rings. The molecule has 4 nitrogen and oxygen atoms in total. The van der Waals surface area contributed by atoms with Gasteiger partial charge in [-0.15, -0.1) is 0 Å². The van der Waals surface area contributed by atoms with Crippen LogP contribution < -0.4 is 0 Å². The number of hydrogen-bond donors (Lipinski definition) is 0. The summed E-state index contributed by atoms with van der Waals surface area (Å²) in [6.45, 7) is 1.15. The fourth-order valence-corrected chi connectivity index (χ4v) is 3.67. The highest BCUT2D eigenvalue weighted by atomic mass is 79.9. The second-order valence-electron chi connectivity index (χ2n) is 3.99. The number of alkyl halides is 1. The second-order valence-corrected chi connectivity index (χ2v) is 7.70. The Kier molecular flexibility index (Phi) is 4.66. The van der Waals surface area contributed by atoms with Crippen LogP contribution in [0.15, 0.2) is 24.3 Å². The van der Waals surface area contributed by atoms with E-state index in [-0.39, 0.29) is 10.8 Å². The lowest BCUT2D eigenvalue weighted by atomic mass is 10.1. The number of halogens is 2. The molecule has 0 saturated carbocycles. The maximum atomic E-state index is 11.8. The molecule has 1 aliphatic rings. The van der Waals surface area contributed by atoms with Crippen LogP contribution in [0.4, 0.5) is 0 Å². The van der Waals surface area contributed by atoms with Crippen molar-refractivity contribution in [2.24, 2.45) is 0 Å². The van der Waals surface area contributed by atoms with Crippen molar-refractivity contribution in [2.75, 3.05) is 24.4 Å². The number of hydrogen-bond acceptors (Lipinski definition) is 3. The van der Waals surface area contributed by atoms with Gasteiger partial charge in [-0.2, -0.15) is 4.31 Å². The van der Waals surface area contributed by atoms with Gasteiger partial charge in [-0.1, -0.05) is 39.7 Å². The van der Waals surface area contributed by atoms with E-state index >= 15 is 0 Å². The number of rotatable bonds is 3. The van der Waals surface area contributed by atoms with Crippen molar-refractivity contribution < 1.29 is 13.2 Å². The van der Waals surface area contributed by atoms with Gasteiger partial charge in [-0.05, 0) is 17.7 Å². The van der Waals surface area contributed by atoms with Crippen molar-refractivity contribution >= 4 is 37.6 Å². The molecule has 1 aromatic rings. The predicted octanol–water partition coefficient (Wildman–Crippen LogP) is 2.40. The van der Waals surface area contributed by atoms with E-state index in [1.54, 1.807) is 12.1 Å². The Bertz CT molecular complexity index is 506.